The molecule has 2 aromatic rings. The van der Waals surface area contributed by atoms with Crippen LogP contribution in [0.1, 0.15) is 24.2 Å². The van der Waals surface area contributed by atoms with Crippen LogP contribution >= 0.6 is 0 Å². The summed E-state index contributed by atoms with van der Waals surface area (Å²) in [5.74, 6) is -1.07. The third-order valence-corrected chi connectivity index (χ3v) is 5.73. The van der Waals surface area contributed by atoms with E-state index in [9.17, 15) is 18.0 Å². The molecule has 0 saturated heterocycles. The first-order valence-corrected chi connectivity index (χ1v) is 10.4. The largest absolute Gasteiger partial charge is 0.446 e. The van der Waals surface area contributed by atoms with Gasteiger partial charge in [0.1, 0.15) is 11.9 Å². The zero-order valence-corrected chi connectivity index (χ0v) is 17.0. The molecule has 152 valence electrons. The maximum atomic E-state index is 12.6. The molecule has 1 heterocycles. The van der Waals surface area contributed by atoms with Crippen molar-refractivity contribution in [1.29, 1.82) is 0 Å². The number of carbonyl (C=O) groups excluding carboxylic acids is 2. The summed E-state index contributed by atoms with van der Waals surface area (Å²) in [6, 6.07) is 14.0. The molecule has 0 aromatic heterocycles. The Kier molecular flexibility index (Phi) is 5.69. The van der Waals surface area contributed by atoms with E-state index in [1.807, 2.05) is 0 Å². The Labute approximate surface area is 169 Å². The van der Waals surface area contributed by atoms with Crippen molar-refractivity contribution in [2.24, 2.45) is 4.99 Å². The number of aliphatic imine (C=N–C) groups is 1. The Morgan fingerprint density at radius 2 is 1.66 bits per heavy atom. The third kappa shape index (κ3) is 4.29. The number of amidine groups is 1. The number of nitrogens with zero attached hydrogens (tertiary/aromatic N) is 2. The van der Waals surface area contributed by atoms with E-state index in [1.54, 1.807) is 62.6 Å². The molecular weight excluding hydrogens is 394 g/mol. The predicted octanol–water partition coefficient (Wildman–Crippen LogP) is 1.49. The van der Waals surface area contributed by atoms with Crippen molar-refractivity contribution in [3.63, 3.8) is 0 Å². The van der Waals surface area contributed by atoms with Gasteiger partial charge in [-0.1, -0.05) is 42.5 Å². The molecule has 1 aliphatic heterocycles. The normalized spacial score (nSPS) is 17.7. The predicted molar refractivity (Wildman–Crippen MR) is 107 cm³/mol. The fourth-order valence-corrected chi connectivity index (χ4v) is 4.05. The summed E-state index contributed by atoms with van der Waals surface area (Å²) >= 11 is 0. The van der Waals surface area contributed by atoms with Crippen LogP contribution in [0.2, 0.25) is 0 Å². The van der Waals surface area contributed by atoms with E-state index in [1.165, 1.54) is 17.9 Å². The Hall–Kier alpha value is -3.20. The molecule has 0 unspecified atom stereocenters. The number of hydrogen-bond donors (Lipinski definition) is 1. The molecule has 1 aliphatic rings. The smallest absolute Gasteiger partial charge is 0.331 e. The summed E-state index contributed by atoms with van der Waals surface area (Å²) in [5.41, 5.74) is 0.919. The van der Waals surface area contributed by atoms with Gasteiger partial charge in [0.25, 0.3) is 15.9 Å². The summed E-state index contributed by atoms with van der Waals surface area (Å²) in [6.45, 7) is 1.48. The minimum Gasteiger partial charge on any atom is -0.446 e. The van der Waals surface area contributed by atoms with E-state index in [0.29, 0.717) is 11.1 Å². The SMILES string of the molecule is C[C@H](N=C1NS(=O)(=O)c2ccccc21)C(=O)O[C@@H](C(=O)N(C)C)c1ccccc1. The Morgan fingerprint density at radius 1 is 1.03 bits per heavy atom. The molecule has 0 fully saturated rings. The maximum absolute atomic E-state index is 12.6. The number of carbonyl (C=O) groups is 2. The van der Waals surface area contributed by atoms with Gasteiger partial charge in [0.15, 0.2) is 0 Å². The van der Waals surface area contributed by atoms with Gasteiger partial charge in [-0.25, -0.2) is 13.2 Å². The molecule has 0 aliphatic carbocycles. The number of benzene rings is 2. The van der Waals surface area contributed by atoms with Crippen LogP contribution < -0.4 is 4.72 Å². The van der Waals surface area contributed by atoms with Gasteiger partial charge in [-0.3, -0.25) is 14.5 Å². The number of nitrogens with one attached hydrogen (secondary N) is 1. The number of fused-ring (bicyclic) bond motifs is 1. The molecule has 0 saturated carbocycles. The van der Waals surface area contributed by atoms with E-state index in [2.05, 4.69) is 9.71 Å². The van der Waals surface area contributed by atoms with Gasteiger partial charge in [-0.15, -0.1) is 0 Å². The summed E-state index contributed by atoms with van der Waals surface area (Å²) in [5, 5.41) is 0. The molecule has 0 bridgehead atoms. The highest BCUT2D eigenvalue weighted by molar-refractivity contribution is 7.90. The molecular formula is C20H21N3O5S. The van der Waals surface area contributed by atoms with Crippen molar-refractivity contribution >= 4 is 27.7 Å². The first-order valence-electron chi connectivity index (χ1n) is 8.87. The molecule has 8 nitrogen and oxygen atoms in total. The second kappa shape index (κ2) is 8.04. The van der Waals surface area contributed by atoms with Crippen LogP contribution in [0.5, 0.6) is 0 Å². The average Bonchev–Trinajstić information content (AvgIpc) is 2.96. The standard InChI is InChI=1S/C20H21N3O5S/c1-13(21-18-15-11-7-8-12-16(15)29(26,27)22-18)20(25)28-17(19(24)23(2)3)14-9-5-4-6-10-14/h4-13,17H,1-3H3,(H,21,22)/t13-,17+/m0/s1. The van der Waals surface area contributed by atoms with Crippen molar-refractivity contribution in [2.75, 3.05) is 14.1 Å². The molecule has 2 atom stereocenters. The minimum absolute atomic E-state index is 0.0697. The first-order chi connectivity index (χ1) is 13.7. The zero-order valence-electron chi connectivity index (χ0n) is 16.2. The average molecular weight is 415 g/mol. The molecule has 0 radical (unpaired) electrons. The molecule has 1 amide bonds. The van der Waals surface area contributed by atoms with E-state index in [4.69, 9.17) is 4.74 Å². The molecule has 29 heavy (non-hydrogen) atoms. The van der Waals surface area contributed by atoms with Crippen LogP contribution in [-0.2, 0) is 24.3 Å². The van der Waals surface area contributed by atoms with Crippen molar-refractivity contribution in [2.45, 2.75) is 24.0 Å². The van der Waals surface area contributed by atoms with Crippen LogP contribution in [0.15, 0.2) is 64.5 Å². The Bertz CT molecular complexity index is 1060. The molecule has 2 aromatic carbocycles. The summed E-state index contributed by atoms with van der Waals surface area (Å²) in [7, 11) is -0.572. The zero-order chi connectivity index (χ0) is 21.2. The third-order valence-electron chi connectivity index (χ3n) is 4.33. The Morgan fingerprint density at radius 3 is 2.31 bits per heavy atom. The van der Waals surface area contributed by atoms with Crippen molar-refractivity contribution in [3.05, 3.63) is 65.7 Å². The van der Waals surface area contributed by atoms with Gasteiger partial charge < -0.3 is 9.64 Å². The first kappa shape index (κ1) is 20.5. The van der Waals surface area contributed by atoms with Crippen molar-refractivity contribution in [1.82, 2.24) is 9.62 Å². The minimum atomic E-state index is -3.71. The monoisotopic (exact) mass is 415 g/mol. The molecule has 9 heteroatoms. The second-order valence-electron chi connectivity index (χ2n) is 6.72. The fraction of sp³-hybridized carbons (Fsp3) is 0.250. The number of likely N-dealkylation sites (N-methyl/N-ethyl adjacent to an activating group) is 1. The van der Waals surface area contributed by atoms with Crippen LogP contribution in [0.3, 0.4) is 0 Å². The maximum Gasteiger partial charge on any atom is 0.331 e. The van der Waals surface area contributed by atoms with Crippen LogP contribution in [-0.4, -0.2) is 51.2 Å². The van der Waals surface area contributed by atoms with Gasteiger partial charge in [0.05, 0.1) is 4.90 Å². The summed E-state index contributed by atoms with van der Waals surface area (Å²) in [4.78, 5) is 30.8. The fourth-order valence-electron chi connectivity index (χ4n) is 2.81. The van der Waals surface area contributed by atoms with Crippen LogP contribution in [0.25, 0.3) is 0 Å². The van der Waals surface area contributed by atoms with E-state index >= 15 is 0 Å². The number of rotatable bonds is 5. The highest BCUT2D eigenvalue weighted by atomic mass is 32.2. The van der Waals surface area contributed by atoms with Gasteiger partial charge in [0, 0.05) is 25.2 Å². The molecule has 3 rings (SSSR count). The molecule has 0 spiro atoms. The van der Waals surface area contributed by atoms with Crippen LogP contribution in [0, 0.1) is 0 Å². The number of hydrogen-bond acceptors (Lipinski definition) is 6. The topological polar surface area (TPSA) is 105 Å². The Balaban J connectivity index is 1.84. The van der Waals surface area contributed by atoms with Gasteiger partial charge in [-0.2, -0.15) is 0 Å². The van der Waals surface area contributed by atoms with Gasteiger partial charge >= 0.3 is 5.97 Å². The highest BCUT2D eigenvalue weighted by Gasteiger charge is 2.33. The van der Waals surface area contributed by atoms with Crippen LogP contribution in [0.4, 0.5) is 0 Å². The number of esters is 1. The van der Waals surface area contributed by atoms with Gasteiger partial charge in [-0.05, 0) is 19.1 Å². The summed E-state index contributed by atoms with van der Waals surface area (Å²) < 4.78 is 32.2. The van der Waals surface area contributed by atoms with E-state index in [-0.39, 0.29) is 10.7 Å². The van der Waals surface area contributed by atoms with Crippen molar-refractivity contribution in [3.8, 4) is 0 Å². The number of sulfonamides is 1. The lowest BCUT2D eigenvalue weighted by atomic mass is 10.1. The van der Waals surface area contributed by atoms with E-state index < -0.39 is 34.0 Å². The highest BCUT2D eigenvalue weighted by Crippen LogP contribution is 2.24. The lowest BCUT2D eigenvalue weighted by molar-refractivity contribution is -0.160. The van der Waals surface area contributed by atoms with Gasteiger partial charge in [0.2, 0.25) is 6.10 Å². The number of ether oxygens (including phenoxy) is 1. The lowest BCUT2D eigenvalue weighted by Crippen LogP contribution is -2.34. The van der Waals surface area contributed by atoms with Crippen molar-refractivity contribution < 1.29 is 22.7 Å². The quantitative estimate of drug-likeness (QED) is 0.745. The molecule has 1 N–H and O–H groups in total. The second-order valence-corrected chi connectivity index (χ2v) is 8.37. The number of amides is 1. The summed E-state index contributed by atoms with van der Waals surface area (Å²) in [6.07, 6.45) is -1.12. The lowest BCUT2D eigenvalue weighted by Gasteiger charge is -2.22. The van der Waals surface area contributed by atoms with E-state index in [0.717, 1.165) is 0 Å².